The predicted molar refractivity (Wildman–Crippen MR) is 124 cm³/mol. The van der Waals surface area contributed by atoms with Crippen molar-refractivity contribution in [3.8, 4) is 0 Å². The Morgan fingerprint density at radius 1 is 0.828 bits per heavy atom. The molecule has 1 N–H and O–H groups in total. The maximum Gasteiger partial charge on any atom is 0.261 e. The number of benzene rings is 3. The van der Waals surface area contributed by atoms with Crippen LogP contribution in [0.3, 0.4) is 0 Å². The lowest BCUT2D eigenvalue weighted by Crippen LogP contribution is -2.66. The minimum absolute atomic E-state index is 0.0360. The standard InChI is InChI=1S/C26H32O2Si/c1-21(19-27)23-13-11-12-22(18-23)20-28-29(26(2,3)4,24-14-7-5-8-15-24)25-16-9-6-10-17-25/h5-18,21,27H,19-20H2,1-4H3. The molecule has 0 fully saturated rings. The van der Waals surface area contributed by atoms with Crippen LogP contribution in [-0.2, 0) is 11.0 Å². The molecule has 3 aromatic carbocycles. The second-order valence-corrected chi connectivity index (χ2v) is 13.1. The van der Waals surface area contributed by atoms with E-state index in [4.69, 9.17) is 4.43 Å². The Hall–Kier alpha value is -2.20. The second kappa shape index (κ2) is 9.08. The van der Waals surface area contributed by atoms with Crippen LogP contribution in [0.2, 0.25) is 5.04 Å². The van der Waals surface area contributed by atoms with E-state index in [0.29, 0.717) is 6.61 Å². The summed E-state index contributed by atoms with van der Waals surface area (Å²) in [5.74, 6) is 0.128. The van der Waals surface area contributed by atoms with Crippen molar-refractivity contribution in [1.29, 1.82) is 0 Å². The van der Waals surface area contributed by atoms with E-state index in [2.05, 4.69) is 106 Å². The Labute approximate surface area is 176 Å². The summed E-state index contributed by atoms with van der Waals surface area (Å²) in [6.45, 7) is 9.64. The monoisotopic (exact) mass is 404 g/mol. The maximum atomic E-state index is 9.52. The first-order chi connectivity index (χ1) is 13.9. The minimum atomic E-state index is -2.53. The second-order valence-electron chi connectivity index (χ2n) is 8.78. The van der Waals surface area contributed by atoms with Crippen LogP contribution in [0.15, 0.2) is 84.9 Å². The van der Waals surface area contributed by atoms with E-state index in [1.807, 2.05) is 6.92 Å². The van der Waals surface area contributed by atoms with E-state index < -0.39 is 8.32 Å². The Morgan fingerprint density at radius 2 is 1.38 bits per heavy atom. The van der Waals surface area contributed by atoms with E-state index in [-0.39, 0.29) is 17.6 Å². The summed E-state index contributed by atoms with van der Waals surface area (Å²) in [6, 6.07) is 29.9. The number of aliphatic hydroxyl groups is 1. The molecule has 0 saturated carbocycles. The van der Waals surface area contributed by atoms with Gasteiger partial charge in [-0.05, 0) is 26.5 Å². The molecule has 0 amide bonds. The van der Waals surface area contributed by atoms with Crippen molar-refractivity contribution in [3.05, 3.63) is 96.1 Å². The van der Waals surface area contributed by atoms with Crippen molar-refractivity contribution in [3.63, 3.8) is 0 Å². The van der Waals surface area contributed by atoms with Crippen molar-refractivity contribution in [2.75, 3.05) is 6.61 Å². The Bertz CT molecular complexity index is 861. The molecule has 0 saturated heterocycles. The average molecular weight is 405 g/mol. The molecule has 3 rings (SSSR count). The molecule has 0 radical (unpaired) electrons. The fourth-order valence-electron chi connectivity index (χ4n) is 4.05. The van der Waals surface area contributed by atoms with Crippen LogP contribution in [0.4, 0.5) is 0 Å². The van der Waals surface area contributed by atoms with Crippen LogP contribution in [0.25, 0.3) is 0 Å². The number of hydrogen-bond acceptors (Lipinski definition) is 2. The van der Waals surface area contributed by atoms with Gasteiger partial charge in [-0.2, -0.15) is 0 Å². The predicted octanol–water partition coefficient (Wildman–Crippen LogP) is 4.86. The first-order valence-electron chi connectivity index (χ1n) is 10.3. The number of aliphatic hydroxyl groups excluding tert-OH is 1. The van der Waals surface area contributed by atoms with Crippen molar-refractivity contribution in [1.82, 2.24) is 0 Å². The van der Waals surface area contributed by atoms with Crippen LogP contribution in [-0.4, -0.2) is 20.0 Å². The summed E-state index contributed by atoms with van der Waals surface area (Å²) in [5, 5.41) is 12.1. The SMILES string of the molecule is CC(CO)c1cccc(CO[Si](c2ccccc2)(c2ccccc2)C(C)(C)C)c1. The summed E-state index contributed by atoms with van der Waals surface area (Å²) >= 11 is 0. The molecule has 1 unspecified atom stereocenters. The molecule has 3 heteroatoms. The molecule has 0 bridgehead atoms. The molecule has 0 aliphatic heterocycles. The van der Waals surface area contributed by atoms with E-state index in [1.54, 1.807) is 0 Å². The van der Waals surface area contributed by atoms with Crippen molar-refractivity contribution < 1.29 is 9.53 Å². The highest BCUT2D eigenvalue weighted by Gasteiger charge is 2.50. The normalized spacial score (nSPS) is 13.3. The lowest BCUT2D eigenvalue weighted by Gasteiger charge is -2.43. The number of hydrogen-bond donors (Lipinski definition) is 1. The van der Waals surface area contributed by atoms with Crippen LogP contribution in [0.5, 0.6) is 0 Å². The zero-order valence-corrected chi connectivity index (χ0v) is 18.9. The van der Waals surface area contributed by atoms with Gasteiger partial charge in [-0.3, -0.25) is 0 Å². The van der Waals surface area contributed by atoms with E-state index in [9.17, 15) is 5.11 Å². The Kier molecular flexibility index (Phi) is 6.73. The van der Waals surface area contributed by atoms with Gasteiger partial charge in [0, 0.05) is 12.5 Å². The Balaban J connectivity index is 2.05. The first-order valence-corrected chi connectivity index (χ1v) is 12.2. The molecule has 3 aromatic rings. The molecule has 1 atom stereocenters. The van der Waals surface area contributed by atoms with Gasteiger partial charge in [-0.1, -0.05) is 113 Å². The third kappa shape index (κ3) is 4.53. The van der Waals surface area contributed by atoms with Crippen LogP contribution in [0.1, 0.15) is 44.7 Å². The van der Waals surface area contributed by atoms with Gasteiger partial charge in [0.15, 0.2) is 0 Å². The van der Waals surface area contributed by atoms with Gasteiger partial charge in [0.05, 0.1) is 6.61 Å². The van der Waals surface area contributed by atoms with E-state index in [1.165, 1.54) is 10.4 Å². The van der Waals surface area contributed by atoms with Gasteiger partial charge in [0.25, 0.3) is 8.32 Å². The van der Waals surface area contributed by atoms with E-state index in [0.717, 1.165) is 11.1 Å². The minimum Gasteiger partial charge on any atom is -0.403 e. The van der Waals surface area contributed by atoms with Crippen LogP contribution < -0.4 is 10.4 Å². The Morgan fingerprint density at radius 3 is 1.86 bits per heavy atom. The lowest BCUT2D eigenvalue weighted by atomic mass is 10.0. The molecule has 0 heterocycles. The fourth-order valence-corrected chi connectivity index (χ4v) is 8.59. The van der Waals surface area contributed by atoms with Gasteiger partial charge in [0.2, 0.25) is 0 Å². The summed E-state index contributed by atoms with van der Waals surface area (Å²) in [4.78, 5) is 0. The van der Waals surface area contributed by atoms with Gasteiger partial charge in [0.1, 0.15) is 0 Å². The highest BCUT2D eigenvalue weighted by molar-refractivity contribution is 6.99. The third-order valence-electron chi connectivity index (χ3n) is 5.67. The molecule has 152 valence electrons. The van der Waals surface area contributed by atoms with Crippen LogP contribution >= 0.6 is 0 Å². The molecule has 2 nitrogen and oxygen atoms in total. The van der Waals surface area contributed by atoms with Gasteiger partial charge in [-0.25, -0.2) is 0 Å². The summed E-state index contributed by atoms with van der Waals surface area (Å²) in [6.07, 6.45) is 0. The maximum absolute atomic E-state index is 9.52. The molecule has 29 heavy (non-hydrogen) atoms. The summed E-state index contributed by atoms with van der Waals surface area (Å²) in [5.41, 5.74) is 2.30. The average Bonchev–Trinajstić information content (AvgIpc) is 2.74. The summed E-state index contributed by atoms with van der Waals surface area (Å²) in [7, 11) is -2.53. The van der Waals surface area contributed by atoms with Crippen LogP contribution in [0, 0.1) is 0 Å². The molecule has 0 spiro atoms. The zero-order chi connectivity index (χ0) is 20.9. The van der Waals surface area contributed by atoms with Gasteiger partial charge in [-0.15, -0.1) is 0 Å². The topological polar surface area (TPSA) is 29.5 Å². The molecule has 0 aromatic heterocycles. The highest BCUT2D eigenvalue weighted by Crippen LogP contribution is 2.37. The first kappa shape index (κ1) is 21.5. The quantitative estimate of drug-likeness (QED) is 0.570. The molecular formula is C26H32O2Si. The van der Waals surface area contributed by atoms with Gasteiger partial charge >= 0.3 is 0 Å². The van der Waals surface area contributed by atoms with Crippen molar-refractivity contribution in [2.24, 2.45) is 0 Å². The van der Waals surface area contributed by atoms with E-state index >= 15 is 0 Å². The highest BCUT2D eigenvalue weighted by atomic mass is 28.4. The van der Waals surface area contributed by atoms with Crippen molar-refractivity contribution in [2.45, 2.75) is 45.3 Å². The fraction of sp³-hybridized carbons (Fsp3) is 0.308. The molecular weight excluding hydrogens is 372 g/mol. The smallest absolute Gasteiger partial charge is 0.261 e. The number of rotatable bonds is 7. The lowest BCUT2D eigenvalue weighted by molar-refractivity contribution is 0.272. The third-order valence-corrected chi connectivity index (χ3v) is 10.6. The van der Waals surface area contributed by atoms with Gasteiger partial charge < -0.3 is 9.53 Å². The largest absolute Gasteiger partial charge is 0.403 e. The molecule has 0 aliphatic rings. The summed E-state index contributed by atoms with van der Waals surface area (Å²) < 4.78 is 7.00. The zero-order valence-electron chi connectivity index (χ0n) is 17.9. The molecule has 0 aliphatic carbocycles. The van der Waals surface area contributed by atoms with Crippen molar-refractivity contribution >= 4 is 18.7 Å².